The predicted molar refractivity (Wildman–Crippen MR) is 86.2 cm³/mol. The molecule has 1 aromatic carbocycles. The number of aromatic amines is 1. The monoisotopic (exact) mass is 356 g/mol. The Morgan fingerprint density at radius 3 is 2.57 bits per heavy atom. The lowest BCUT2D eigenvalue weighted by molar-refractivity contribution is 0.0621. The molecule has 1 amide bonds. The van der Waals surface area contributed by atoms with Crippen LogP contribution in [0.3, 0.4) is 0 Å². The van der Waals surface area contributed by atoms with Crippen LogP contribution < -0.4 is 0 Å². The molecule has 0 bridgehead atoms. The molecule has 1 aromatic heterocycles. The number of piperazine rings is 1. The first-order valence-corrected chi connectivity index (χ1v) is 7.95. The number of hydrogen-bond acceptors (Lipinski definition) is 3. The number of amides is 1. The fraction of sp³-hybridized carbons (Fsp3) is 0.333. The number of hydrogen-bond donors (Lipinski definition) is 1. The molecule has 0 atom stereocenters. The second-order valence-corrected chi connectivity index (χ2v) is 6.18. The minimum Gasteiger partial charge on any atom is -0.335 e. The summed E-state index contributed by atoms with van der Waals surface area (Å²) >= 11 is 12.0. The van der Waals surface area contributed by atoms with Gasteiger partial charge >= 0.3 is 0 Å². The van der Waals surface area contributed by atoms with E-state index in [1.807, 2.05) is 0 Å². The number of benzene rings is 1. The van der Waals surface area contributed by atoms with Gasteiger partial charge in [0.2, 0.25) is 0 Å². The van der Waals surface area contributed by atoms with Crippen molar-refractivity contribution in [3.8, 4) is 0 Å². The van der Waals surface area contributed by atoms with Crippen molar-refractivity contribution in [2.24, 2.45) is 0 Å². The van der Waals surface area contributed by atoms with Gasteiger partial charge in [0.15, 0.2) is 0 Å². The maximum Gasteiger partial charge on any atom is 0.273 e. The first-order valence-electron chi connectivity index (χ1n) is 7.19. The van der Waals surface area contributed by atoms with Crippen molar-refractivity contribution >= 4 is 29.1 Å². The van der Waals surface area contributed by atoms with Gasteiger partial charge in [-0.05, 0) is 12.1 Å². The number of nitrogens with zero attached hydrogens (tertiary/aromatic N) is 3. The van der Waals surface area contributed by atoms with Crippen LogP contribution in [0, 0.1) is 5.82 Å². The topological polar surface area (TPSA) is 52.2 Å². The van der Waals surface area contributed by atoms with Crippen LogP contribution in [-0.4, -0.2) is 52.1 Å². The average Bonchev–Trinajstić information content (AvgIpc) is 2.97. The molecule has 8 heteroatoms. The lowest BCUT2D eigenvalue weighted by Gasteiger charge is -2.34. The molecule has 5 nitrogen and oxygen atoms in total. The molecule has 2 aromatic rings. The van der Waals surface area contributed by atoms with Gasteiger partial charge in [-0.15, -0.1) is 0 Å². The average molecular weight is 357 g/mol. The van der Waals surface area contributed by atoms with E-state index in [-0.39, 0.29) is 11.7 Å². The smallest absolute Gasteiger partial charge is 0.273 e. The Morgan fingerprint density at radius 1 is 1.22 bits per heavy atom. The zero-order chi connectivity index (χ0) is 16.4. The summed E-state index contributed by atoms with van der Waals surface area (Å²) in [6.45, 7) is 2.79. The van der Waals surface area contributed by atoms with Crippen LogP contribution >= 0.6 is 23.2 Å². The van der Waals surface area contributed by atoms with Crippen molar-refractivity contribution in [1.29, 1.82) is 0 Å². The number of carbonyl (C=O) groups excluding carboxylic acids is 1. The van der Waals surface area contributed by atoms with Crippen LogP contribution in [0.4, 0.5) is 4.39 Å². The van der Waals surface area contributed by atoms with E-state index in [1.165, 1.54) is 12.3 Å². The molecule has 0 saturated carbocycles. The van der Waals surface area contributed by atoms with Gasteiger partial charge in [0.05, 0.1) is 11.2 Å². The molecular weight excluding hydrogens is 342 g/mol. The van der Waals surface area contributed by atoms with Gasteiger partial charge in [-0.25, -0.2) is 4.39 Å². The Bertz CT molecular complexity index is 693. The lowest BCUT2D eigenvalue weighted by Crippen LogP contribution is -2.48. The van der Waals surface area contributed by atoms with Crippen molar-refractivity contribution in [3.63, 3.8) is 0 Å². The maximum atomic E-state index is 13.8. The Hall–Kier alpha value is -1.63. The van der Waals surface area contributed by atoms with Crippen LogP contribution in [0.25, 0.3) is 0 Å². The second-order valence-electron chi connectivity index (χ2n) is 5.36. The predicted octanol–water partition coefficient (Wildman–Crippen LogP) is 2.81. The molecule has 1 fully saturated rings. The summed E-state index contributed by atoms with van der Waals surface area (Å²) in [4.78, 5) is 16.1. The largest absolute Gasteiger partial charge is 0.335 e. The van der Waals surface area contributed by atoms with Gasteiger partial charge in [-0.3, -0.25) is 14.8 Å². The highest BCUT2D eigenvalue weighted by molar-refractivity contribution is 6.33. The molecule has 0 unspecified atom stereocenters. The Morgan fingerprint density at radius 2 is 1.96 bits per heavy atom. The number of halogens is 3. The van der Waals surface area contributed by atoms with Crippen molar-refractivity contribution in [2.75, 3.05) is 26.2 Å². The zero-order valence-electron chi connectivity index (χ0n) is 12.2. The van der Waals surface area contributed by atoms with Gasteiger partial charge in [-0.2, -0.15) is 5.10 Å². The summed E-state index contributed by atoms with van der Waals surface area (Å²) in [5.41, 5.74) is 0.794. The highest BCUT2D eigenvalue weighted by Gasteiger charge is 2.25. The molecule has 0 aliphatic carbocycles. The lowest BCUT2D eigenvalue weighted by atomic mass is 10.1. The molecule has 0 spiro atoms. The van der Waals surface area contributed by atoms with E-state index >= 15 is 0 Å². The van der Waals surface area contributed by atoms with Gasteiger partial charge in [0, 0.05) is 43.3 Å². The van der Waals surface area contributed by atoms with E-state index in [2.05, 4.69) is 15.1 Å². The summed E-state index contributed by atoms with van der Waals surface area (Å²) < 4.78 is 13.8. The Balaban J connectivity index is 1.61. The third kappa shape index (κ3) is 3.49. The molecule has 1 N–H and O–H groups in total. The van der Waals surface area contributed by atoms with Crippen molar-refractivity contribution in [2.45, 2.75) is 6.54 Å². The summed E-state index contributed by atoms with van der Waals surface area (Å²) in [7, 11) is 0. The molecular formula is C15H15Cl2FN4O. The highest BCUT2D eigenvalue weighted by Crippen LogP contribution is 2.22. The number of rotatable bonds is 3. The molecule has 23 heavy (non-hydrogen) atoms. The van der Waals surface area contributed by atoms with Crippen molar-refractivity contribution < 1.29 is 9.18 Å². The normalized spacial score (nSPS) is 15.9. The van der Waals surface area contributed by atoms with Crippen LogP contribution in [-0.2, 0) is 6.54 Å². The quantitative estimate of drug-likeness (QED) is 0.919. The fourth-order valence-electron chi connectivity index (χ4n) is 2.60. The van der Waals surface area contributed by atoms with Gasteiger partial charge in [0.25, 0.3) is 5.91 Å². The molecule has 3 rings (SSSR count). The van der Waals surface area contributed by atoms with E-state index in [1.54, 1.807) is 17.0 Å². The minimum absolute atomic E-state index is 0.170. The maximum absolute atomic E-state index is 13.8. The van der Waals surface area contributed by atoms with E-state index in [0.717, 1.165) is 0 Å². The van der Waals surface area contributed by atoms with E-state index < -0.39 is 0 Å². The third-order valence-electron chi connectivity index (χ3n) is 3.91. The van der Waals surface area contributed by atoms with Crippen LogP contribution in [0.5, 0.6) is 0 Å². The SMILES string of the molecule is O=C(c1[nH]ncc1Cl)N1CCN(Cc2c(F)cccc2Cl)CC1. The van der Waals surface area contributed by atoms with Crippen LogP contribution in [0.1, 0.15) is 16.1 Å². The van der Waals surface area contributed by atoms with Crippen molar-refractivity contribution in [1.82, 2.24) is 20.0 Å². The summed E-state index contributed by atoms with van der Waals surface area (Å²) in [5.74, 6) is -0.476. The third-order valence-corrected chi connectivity index (χ3v) is 4.55. The minimum atomic E-state index is -0.305. The first kappa shape index (κ1) is 16.2. The summed E-state index contributed by atoms with van der Waals surface area (Å²) in [5, 5.41) is 7.11. The number of H-pyrrole nitrogens is 1. The fourth-order valence-corrected chi connectivity index (χ4v) is 2.99. The first-order chi connectivity index (χ1) is 11.1. The summed E-state index contributed by atoms with van der Waals surface area (Å²) in [6.07, 6.45) is 1.41. The van der Waals surface area contributed by atoms with Crippen LogP contribution in [0.15, 0.2) is 24.4 Å². The van der Waals surface area contributed by atoms with Crippen molar-refractivity contribution in [3.05, 3.63) is 51.5 Å². The molecule has 1 aliphatic heterocycles. The van der Waals surface area contributed by atoms with Gasteiger partial charge in [-0.1, -0.05) is 29.3 Å². The molecule has 1 saturated heterocycles. The zero-order valence-corrected chi connectivity index (χ0v) is 13.7. The van der Waals surface area contributed by atoms with E-state index in [4.69, 9.17) is 23.2 Å². The highest BCUT2D eigenvalue weighted by atomic mass is 35.5. The Kier molecular flexibility index (Phi) is 4.84. The number of nitrogens with one attached hydrogen (secondary N) is 1. The van der Waals surface area contributed by atoms with Gasteiger partial charge < -0.3 is 4.90 Å². The number of aromatic nitrogens is 2. The van der Waals surface area contributed by atoms with Gasteiger partial charge in [0.1, 0.15) is 11.5 Å². The van der Waals surface area contributed by atoms with Crippen LogP contribution in [0.2, 0.25) is 10.0 Å². The Labute approximate surface area is 143 Å². The molecule has 0 radical (unpaired) electrons. The standard InChI is InChI=1S/C15H15Cl2FN4O/c16-11-2-1-3-13(18)10(11)9-21-4-6-22(7-5-21)15(23)14-12(17)8-19-20-14/h1-3,8H,4-7,9H2,(H,19,20). The number of carbonyl (C=O) groups is 1. The van der Waals surface area contributed by atoms with E-state index in [0.29, 0.717) is 54.0 Å². The van der Waals surface area contributed by atoms with E-state index in [9.17, 15) is 9.18 Å². The molecule has 122 valence electrons. The second kappa shape index (κ2) is 6.86. The molecule has 2 heterocycles. The summed E-state index contributed by atoms with van der Waals surface area (Å²) in [6, 6.07) is 4.67. The molecule has 1 aliphatic rings.